The number of carbonyl (C=O) groups is 2. The van der Waals surface area contributed by atoms with E-state index >= 15 is 0 Å². The number of carbonyl (C=O) groups excluding carboxylic acids is 2. The molecule has 1 amide bonds. The van der Waals surface area contributed by atoms with E-state index in [0.717, 1.165) is 18.5 Å². The number of nitrogens with one attached hydrogen (secondary N) is 1. The molecule has 5 nitrogen and oxygen atoms in total. The van der Waals surface area contributed by atoms with Crippen molar-refractivity contribution in [3.63, 3.8) is 0 Å². The second-order valence-electron chi connectivity index (χ2n) is 6.01. The summed E-state index contributed by atoms with van der Waals surface area (Å²) < 4.78 is 1.81. The van der Waals surface area contributed by atoms with Crippen LogP contribution in [-0.2, 0) is 6.42 Å². The van der Waals surface area contributed by atoms with Gasteiger partial charge >= 0.3 is 0 Å². The maximum Gasteiger partial charge on any atom is 0.272 e. The highest BCUT2D eigenvalue weighted by atomic mass is 16.2. The summed E-state index contributed by atoms with van der Waals surface area (Å²) in [6.07, 6.45) is 3.77. The van der Waals surface area contributed by atoms with Crippen LogP contribution in [0.25, 0.3) is 5.82 Å². The van der Waals surface area contributed by atoms with Gasteiger partial charge in [0.2, 0.25) is 0 Å². The maximum atomic E-state index is 12.9. The third-order valence-corrected chi connectivity index (χ3v) is 4.36. The van der Waals surface area contributed by atoms with Crippen molar-refractivity contribution in [1.29, 1.82) is 0 Å². The zero-order chi connectivity index (χ0) is 17.2. The van der Waals surface area contributed by atoms with Gasteiger partial charge in [-0.15, -0.1) is 0 Å². The fraction of sp³-hybridized carbons (Fsp3) is 0.150. The SMILES string of the molecule is O=C1CCCc2c1cc(C(=O)Nc1ccccc1)n2-c1ccccn1. The minimum Gasteiger partial charge on any atom is -0.321 e. The van der Waals surface area contributed by atoms with E-state index in [-0.39, 0.29) is 11.7 Å². The van der Waals surface area contributed by atoms with Gasteiger partial charge in [0, 0.05) is 29.6 Å². The van der Waals surface area contributed by atoms with Crippen LogP contribution in [0.4, 0.5) is 5.69 Å². The van der Waals surface area contributed by atoms with Crippen LogP contribution < -0.4 is 5.32 Å². The molecule has 124 valence electrons. The number of nitrogens with zero attached hydrogens (tertiary/aromatic N) is 2. The molecule has 1 aliphatic carbocycles. The lowest BCUT2D eigenvalue weighted by Gasteiger charge is -2.16. The first-order valence-electron chi connectivity index (χ1n) is 8.29. The van der Waals surface area contributed by atoms with Crippen molar-refractivity contribution in [3.8, 4) is 5.82 Å². The third kappa shape index (κ3) is 2.85. The monoisotopic (exact) mass is 331 g/mol. The number of hydrogen-bond acceptors (Lipinski definition) is 3. The van der Waals surface area contributed by atoms with Gasteiger partial charge in [0.25, 0.3) is 5.91 Å². The maximum absolute atomic E-state index is 12.9. The molecule has 0 unspecified atom stereocenters. The van der Waals surface area contributed by atoms with Gasteiger partial charge < -0.3 is 5.32 Å². The van der Waals surface area contributed by atoms with Crippen LogP contribution in [0, 0.1) is 0 Å². The smallest absolute Gasteiger partial charge is 0.272 e. The van der Waals surface area contributed by atoms with Gasteiger partial charge in [-0.3, -0.25) is 14.2 Å². The van der Waals surface area contributed by atoms with E-state index in [4.69, 9.17) is 0 Å². The van der Waals surface area contributed by atoms with E-state index in [9.17, 15) is 9.59 Å². The van der Waals surface area contributed by atoms with Crippen LogP contribution in [-0.4, -0.2) is 21.2 Å². The Morgan fingerprint density at radius 3 is 2.60 bits per heavy atom. The van der Waals surface area contributed by atoms with Crippen molar-refractivity contribution in [2.24, 2.45) is 0 Å². The lowest BCUT2D eigenvalue weighted by molar-refractivity contribution is 0.0971. The summed E-state index contributed by atoms with van der Waals surface area (Å²) >= 11 is 0. The molecule has 3 aromatic rings. The summed E-state index contributed by atoms with van der Waals surface area (Å²) in [5.74, 6) is 0.486. The third-order valence-electron chi connectivity index (χ3n) is 4.36. The molecule has 0 saturated carbocycles. The molecule has 0 bridgehead atoms. The van der Waals surface area contributed by atoms with Crippen LogP contribution in [0.15, 0.2) is 60.8 Å². The summed E-state index contributed by atoms with van der Waals surface area (Å²) in [6, 6.07) is 16.5. The van der Waals surface area contributed by atoms with Crippen LogP contribution in [0.3, 0.4) is 0 Å². The highest BCUT2D eigenvalue weighted by molar-refractivity contribution is 6.07. The number of amides is 1. The Hall–Kier alpha value is -3.21. The standard InChI is InChI=1S/C20H17N3O2/c24-18-10-6-9-16-15(18)13-17(23(16)19-11-4-5-12-21-19)20(25)22-14-7-2-1-3-8-14/h1-5,7-8,11-13H,6,9-10H2,(H,22,25). The van der Waals surface area contributed by atoms with Crippen molar-refractivity contribution < 1.29 is 9.59 Å². The molecule has 0 aliphatic heterocycles. The number of Topliss-reactive ketones (excluding diaryl/α,β-unsaturated/α-hetero) is 1. The van der Waals surface area contributed by atoms with E-state index in [2.05, 4.69) is 10.3 Å². The highest BCUT2D eigenvalue weighted by Crippen LogP contribution is 2.28. The lowest BCUT2D eigenvalue weighted by atomic mass is 9.96. The molecule has 4 rings (SSSR count). The number of aromatic nitrogens is 2. The average molecular weight is 331 g/mol. The molecule has 0 spiro atoms. The molecule has 2 heterocycles. The topological polar surface area (TPSA) is 64.0 Å². The van der Waals surface area contributed by atoms with Gasteiger partial charge in [0.15, 0.2) is 5.78 Å². The number of para-hydroxylation sites is 1. The van der Waals surface area contributed by atoms with Crippen LogP contribution >= 0.6 is 0 Å². The summed E-state index contributed by atoms with van der Waals surface area (Å²) in [4.78, 5) is 29.5. The molecule has 1 aromatic carbocycles. The number of anilines is 1. The molecule has 0 atom stereocenters. The molecule has 25 heavy (non-hydrogen) atoms. The molecular weight excluding hydrogens is 314 g/mol. The molecule has 5 heteroatoms. The zero-order valence-corrected chi connectivity index (χ0v) is 13.6. The number of pyridine rings is 1. The molecule has 2 aromatic heterocycles. The van der Waals surface area contributed by atoms with E-state index < -0.39 is 0 Å². The number of hydrogen-bond donors (Lipinski definition) is 1. The zero-order valence-electron chi connectivity index (χ0n) is 13.6. The Kier molecular flexibility index (Phi) is 3.90. The Labute approximate surface area is 145 Å². The Morgan fingerprint density at radius 2 is 1.84 bits per heavy atom. The number of ketones is 1. The fourth-order valence-electron chi connectivity index (χ4n) is 3.22. The second-order valence-corrected chi connectivity index (χ2v) is 6.01. The minimum absolute atomic E-state index is 0.0877. The van der Waals surface area contributed by atoms with Gasteiger partial charge in [-0.2, -0.15) is 0 Å². The predicted molar refractivity (Wildman–Crippen MR) is 95.2 cm³/mol. The Bertz CT molecular complexity index is 930. The average Bonchev–Trinajstić information content (AvgIpc) is 3.04. The van der Waals surface area contributed by atoms with Gasteiger partial charge in [0.1, 0.15) is 11.5 Å². The van der Waals surface area contributed by atoms with Crippen molar-refractivity contribution in [1.82, 2.24) is 9.55 Å². The molecule has 0 fully saturated rings. The first-order chi connectivity index (χ1) is 12.2. The molecular formula is C20H17N3O2. The first kappa shape index (κ1) is 15.3. The first-order valence-corrected chi connectivity index (χ1v) is 8.29. The summed E-state index contributed by atoms with van der Waals surface area (Å²) in [5.41, 5.74) is 2.65. The predicted octanol–water partition coefficient (Wildman–Crippen LogP) is 3.64. The van der Waals surface area contributed by atoms with Gasteiger partial charge in [0.05, 0.1) is 0 Å². The number of rotatable bonds is 3. The molecule has 1 aliphatic rings. The van der Waals surface area contributed by atoms with E-state index in [1.165, 1.54) is 0 Å². The molecule has 0 radical (unpaired) electrons. The molecule has 1 N–H and O–H groups in total. The fourth-order valence-corrected chi connectivity index (χ4v) is 3.22. The summed E-state index contributed by atoms with van der Waals surface area (Å²) in [7, 11) is 0. The quantitative estimate of drug-likeness (QED) is 0.797. The van der Waals surface area contributed by atoms with Crippen molar-refractivity contribution >= 4 is 17.4 Å². The van der Waals surface area contributed by atoms with E-state index in [0.29, 0.717) is 29.2 Å². The van der Waals surface area contributed by atoms with E-state index in [1.54, 1.807) is 12.3 Å². The lowest BCUT2D eigenvalue weighted by Crippen LogP contribution is -2.18. The summed E-state index contributed by atoms with van der Waals surface area (Å²) in [5, 5.41) is 2.89. The highest BCUT2D eigenvalue weighted by Gasteiger charge is 2.27. The minimum atomic E-state index is -0.251. The van der Waals surface area contributed by atoms with Crippen molar-refractivity contribution in [2.75, 3.05) is 5.32 Å². The largest absolute Gasteiger partial charge is 0.321 e. The Morgan fingerprint density at radius 1 is 1.04 bits per heavy atom. The van der Waals surface area contributed by atoms with Crippen molar-refractivity contribution in [2.45, 2.75) is 19.3 Å². The van der Waals surface area contributed by atoms with Crippen LogP contribution in [0.1, 0.15) is 39.4 Å². The van der Waals surface area contributed by atoms with Gasteiger partial charge in [-0.1, -0.05) is 24.3 Å². The van der Waals surface area contributed by atoms with Gasteiger partial charge in [-0.25, -0.2) is 4.98 Å². The van der Waals surface area contributed by atoms with Crippen LogP contribution in [0.5, 0.6) is 0 Å². The second kappa shape index (κ2) is 6.36. The number of fused-ring (bicyclic) bond motifs is 1. The van der Waals surface area contributed by atoms with Gasteiger partial charge in [-0.05, 0) is 43.2 Å². The Balaban J connectivity index is 1.81. The van der Waals surface area contributed by atoms with Crippen LogP contribution in [0.2, 0.25) is 0 Å². The number of benzene rings is 1. The molecule has 0 saturated heterocycles. The summed E-state index contributed by atoms with van der Waals surface area (Å²) in [6.45, 7) is 0. The normalized spacial score (nSPS) is 13.4. The van der Waals surface area contributed by atoms with E-state index in [1.807, 2.05) is 53.1 Å². The van der Waals surface area contributed by atoms with Crippen molar-refractivity contribution in [3.05, 3.63) is 77.7 Å².